The van der Waals surface area contributed by atoms with Crippen LogP contribution in [0.3, 0.4) is 0 Å². The molecule has 0 fully saturated rings. The fourth-order valence-electron chi connectivity index (χ4n) is 1.92. The molecular weight excluding hydrogens is 224 g/mol. The number of hydrogen-bond donors (Lipinski definition) is 1. The minimum Gasteiger partial charge on any atom is -0.491 e. The van der Waals surface area contributed by atoms with Crippen LogP contribution < -0.4 is 10.1 Å². The summed E-state index contributed by atoms with van der Waals surface area (Å²) in [7, 11) is 0. The van der Waals surface area contributed by atoms with Gasteiger partial charge < -0.3 is 10.1 Å². The average molecular weight is 244 g/mol. The number of rotatable bonds is 6. The van der Waals surface area contributed by atoms with Crippen molar-refractivity contribution >= 4 is 10.9 Å². The normalized spacial score (nSPS) is 10.8. The fourth-order valence-corrected chi connectivity index (χ4v) is 1.92. The van der Waals surface area contributed by atoms with Gasteiger partial charge in [0.05, 0.1) is 5.52 Å². The first-order valence-electron chi connectivity index (χ1n) is 6.51. The highest BCUT2D eigenvalue weighted by molar-refractivity contribution is 5.85. The van der Waals surface area contributed by atoms with E-state index in [0.29, 0.717) is 6.61 Å². The third-order valence-electron chi connectivity index (χ3n) is 2.77. The second-order valence-electron chi connectivity index (χ2n) is 4.38. The number of pyridine rings is 1. The van der Waals surface area contributed by atoms with E-state index in [9.17, 15) is 0 Å². The Hall–Kier alpha value is -1.61. The second kappa shape index (κ2) is 6.36. The summed E-state index contributed by atoms with van der Waals surface area (Å²) in [6.07, 6.45) is 1.15. The largest absolute Gasteiger partial charge is 0.491 e. The van der Waals surface area contributed by atoms with Crippen LogP contribution in [-0.4, -0.2) is 24.7 Å². The quantitative estimate of drug-likeness (QED) is 0.793. The molecule has 0 saturated carbocycles. The Balaban J connectivity index is 2.07. The molecule has 0 aliphatic rings. The van der Waals surface area contributed by atoms with Gasteiger partial charge in [-0.15, -0.1) is 0 Å². The van der Waals surface area contributed by atoms with Gasteiger partial charge in [-0.1, -0.05) is 19.1 Å². The van der Waals surface area contributed by atoms with Gasteiger partial charge in [0.15, 0.2) is 0 Å². The molecule has 3 nitrogen and oxygen atoms in total. The molecule has 1 aromatic heterocycles. The minimum atomic E-state index is 0.688. The molecule has 2 rings (SSSR count). The van der Waals surface area contributed by atoms with E-state index in [0.717, 1.165) is 41.9 Å². The van der Waals surface area contributed by atoms with Crippen molar-refractivity contribution in [2.24, 2.45) is 0 Å². The standard InChI is InChI=1S/C15H20N2O/c1-3-8-16-9-10-18-15-11-12(2)17-14-7-5-4-6-13(14)15/h4-7,11,16H,3,8-10H2,1-2H3. The topological polar surface area (TPSA) is 34.1 Å². The fraction of sp³-hybridized carbons (Fsp3) is 0.400. The van der Waals surface area contributed by atoms with Gasteiger partial charge in [0.25, 0.3) is 0 Å². The lowest BCUT2D eigenvalue weighted by Crippen LogP contribution is -2.21. The third kappa shape index (κ3) is 3.20. The van der Waals surface area contributed by atoms with E-state index in [1.807, 2.05) is 31.2 Å². The van der Waals surface area contributed by atoms with Crippen molar-refractivity contribution in [1.82, 2.24) is 10.3 Å². The zero-order valence-electron chi connectivity index (χ0n) is 11.1. The van der Waals surface area contributed by atoms with Gasteiger partial charge in [-0.05, 0) is 32.0 Å². The van der Waals surface area contributed by atoms with Crippen LogP contribution in [0.15, 0.2) is 30.3 Å². The lowest BCUT2D eigenvalue weighted by molar-refractivity contribution is 0.317. The minimum absolute atomic E-state index is 0.688. The molecule has 1 heterocycles. The van der Waals surface area contributed by atoms with E-state index >= 15 is 0 Å². The Labute approximate surface area is 108 Å². The number of nitrogens with one attached hydrogen (secondary N) is 1. The SMILES string of the molecule is CCCNCCOc1cc(C)nc2ccccc12. The van der Waals surface area contributed by atoms with Crippen molar-refractivity contribution in [3.63, 3.8) is 0 Å². The first-order chi connectivity index (χ1) is 8.81. The second-order valence-corrected chi connectivity index (χ2v) is 4.38. The molecule has 1 N–H and O–H groups in total. The number of nitrogens with zero attached hydrogens (tertiary/aromatic N) is 1. The van der Waals surface area contributed by atoms with Crippen LogP contribution in [0.5, 0.6) is 5.75 Å². The van der Waals surface area contributed by atoms with Crippen LogP contribution in [0.2, 0.25) is 0 Å². The smallest absolute Gasteiger partial charge is 0.130 e. The summed E-state index contributed by atoms with van der Waals surface area (Å²) in [6, 6.07) is 10.1. The number of hydrogen-bond acceptors (Lipinski definition) is 3. The van der Waals surface area contributed by atoms with Crippen LogP contribution in [-0.2, 0) is 0 Å². The number of aromatic nitrogens is 1. The average Bonchev–Trinajstić information content (AvgIpc) is 2.38. The summed E-state index contributed by atoms with van der Waals surface area (Å²) in [4.78, 5) is 4.50. The molecule has 0 amide bonds. The Kier molecular flexibility index (Phi) is 4.53. The number of fused-ring (bicyclic) bond motifs is 1. The van der Waals surface area contributed by atoms with Crippen molar-refractivity contribution in [2.45, 2.75) is 20.3 Å². The molecule has 0 spiro atoms. The summed E-state index contributed by atoms with van der Waals surface area (Å²) in [6.45, 7) is 6.76. The Morgan fingerprint density at radius 1 is 1.22 bits per heavy atom. The lowest BCUT2D eigenvalue weighted by atomic mass is 10.2. The molecule has 0 aliphatic heterocycles. The summed E-state index contributed by atoms with van der Waals surface area (Å²) in [5, 5.41) is 4.41. The third-order valence-corrected chi connectivity index (χ3v) is 2.77. The molecule has 3 heteroatoms. The molecule has 0 aliphatic carbocycles. The van der Waals surface area contributed by atoms with Crippen LogP contribution in [0.1, 0.15) is 19.0 Å². The molecule has 0 saturated heterocycles. The monoisotopic (exact) mass is 244 g/mol. The van der Waals surface area contributed by atoms with Gasteiger partial charge in [-0.3, -0.25) is 4.98 Å². The van der Waals surface area contributed by atoms with Gasteiger partial charge in [-0.25, -0.2) is 0 Å². The summed E-state index contributed by atoms with van der Waals surface area (Å²) in [5.74, 6) is 0.927. The number of aryl methyl sites for hydroxylation is 1. The Morgan fingerprint density at radius 3 is 2.89 bits per heavy atom. The number of benzene rings is 1. The van der Waals surface area contributed by atoms with Gasteiger partial charge in [0.2, 0.25) is 0 Å². The van der Waals surface area contributed by atoms with Gasteiger partial charge >= 0.3 is 0 Å². The van der Waals surface area contributed by atoms with Crippen molar-refractivity contribution in [3.05, 3.63) is 36.0 Å². The highest BCUT2D eigenvalue weighted by Crippen LogP contribution is 2.24. The molecule has 2 aromatic rings. The molecule has 18 heavy (non-hydrogen) atoms. The zero-order chi connectivity index (χ0) is 12.8. The molecule has 0 bridgehead atoms. The van der Waals surface area contributed by atoms with Crippen molar-refractivity contribution < 1.29 is 4.74 Å². The predicted molar refractivity (Wildman–Crippen MR) is 75.1 cm³/mol. The van der Waals surface area contributed by atoms with E-state index in [2.05, 4.69) is 23.3 Å². The maximum absolute atomic E-state index is 5.84. The molecule has 0 unspecified atom stereocenters. The number of para-hydroxylation sites is 1. The van der Waals surface area contributed by atoms with E-state index in [4.69, 9.17) is 4.74 Å². The zero-order valence-corrected chi connectivity index (χ0v) is 11.1. The van der Waals surface area contributed by atoms with E-state index < -0.39 is 0 Å². The maximum Gasteiger partial charge on any atom is 0.130 e. The van der Waals surface area contributed by atoms with Crippen LogP contribution in [0, 0.1) is 6.92 Å². The molecule has 0 atom stereocenters. The molecule has 96 valence electrons. The summed E-state index contributed by atoms with van der Waals surface area (Å²) >= 11 is 0. The lowest BCUT2D eigenvalue weighted by Gasteiger charge is -2.10. The highest BCUT2D eigenvalue weighted by Gasteiger charge is 2.04. The van der Waals surface area contributed by atoms with E-state index in [-0.39, 0.29) is 0 Å². The molecular formula is C15H20N2O. The van der Waals surface area contributed by atoms with Crippen molar-refractivity contribution in [3.8, 4) is 5.75 Å². The molecule has 0 radical (unpaired) electrons. The Morgan fingerprint density at radius 2 is 2.06 bits per heavy atom. The van der Waals surface area contributed by atoms with Gasteiger partial charge in [-0.2, -0.15) is 0 Å². The van der Waals surface area contributed by atoms with Crippen molar-refractivity contribution in [1.29, 1.82) is 0 Å². The number of ether oxygens (including phenoxy) is 1. The maximum atomic E-state index is 5.84. The van der Waals surface area contributed by atoms with E-state index in [1.54, 1.807) is 0 Å². The van der Waals surface area contributed by atoms with Crippen LogP contribution in [0.25, 0.3) is 10.9 Å². The summed E-state index contributed by atoms with van der Waals surface area (Å²) in [5.41, 5.74) is 1.99. The van der Waals surface area contributed by atoms with E-state index in [1.165, 1.54) is 0 Å². The molecule has 1 aromatic carbocycles. The van der Waals surface area contributed by atoms with Crippen molar-refractivity contribution in [2.75, 3.05) is 19.7 Å². The highest BCUT2D eigenvalue weighted by atomic mass is 16.5. The first kappa shape index (κ1) is 12.8. The van der Waals surface area contributed by atoms with Gasteiger partial charge in [0.1, 0.15) is 12.4 Å². The summed E-state index contributed by atoms with van der Waals surface area (Å²) < 4.78 is 5.84. The van der Waals surface area contributed by atoms with Crippen LogP contribution >= 0.6 is 0 Å². The Bertz CT molecular complexity index is 511. The van der Waals surface area contributed by atoms with Gasteiger partial charge in [0, 0.05) is 23.7 Å². The first-order valence-corrected chi connectivity index (χ1v) is 6.51. The van der Waals surface area contributed by atoms with Crippen LogP contribution in [0.4, 0.5) is 0 Å². The predicted octanol–water partition coefficient (Wildman–Crippen LogP) is 2.92.